The van der Waals surface area contributed by atoms with Crippen LogP contribution in [0.3, 0.4) is 0 Å². The summed E-state index contributed by atoms with van der Waals surface area (Å²) in [4.78, 5) is 22.6. The van der Waals surface area contributed by atoms with Gasteiger partial charge < -0.3 is 20.5 Å². The third-order valence-electron chi connectivity index (χ3n) is 2.37. The average Bonchev–Trinajstić information content (AvgIpc) is 2.38. The van der Waals surface area contributed by atoms with Crippen molar-refractivity contribution in [1.82, 2.24) is 5.32 Å². The van der Waals surface area contributed by atoms with E-state index in [-0.39, 0.29) is 18.9 Å². The molecule has 3 N–H and O–H groups in total. The van der Waals surface area contributed by atoms with Crippen LogP contribution >= 0.6 is 0 Å². The van der Waals surface area contributed by atoms with Gasteiger partial charge in [-0.2, -0.15) is 0 Å². The van der Waals surface area contributed by atoms with Gasteiger partial charge in [0.1, 0.15) is 12.4 Å². The Labute approximate surface area is 117 Å². The molecule has 0 atom stereocenters. The van der Waals surface area contributed by atoms with E-state index in [4.69, 9.17) is 4.74 Å². The van der Waals surface area contributed by atoms with Crippen LogP contribution < -0.4 is 10.6 Å². The molecular formula is C14H18N2O4. The van der Waals surface area contributed by atoms with E-state index in [1.807, 2.05) is 6.92 Å². The van der Waals surface area contributed by atoms with Crippen LogP contribution in [0.2, 0.25) is 0 Å². The van der Waals surface area contributed by atoms with E-state index in [2.05, 4.69) is 17.2 Å². The molecule has 0 bridgehead atoms. The van der Waals surface area contributed by atoms with Crippen molar-refractivity contribution in [1.29, 1.82) is 0 Å². The Morgan fingerprint density at radius 1 is 1.40 bits per heavy atom. The van der Waals surface area contributed by atoms with Crippen molar-refractivity contribution in [3.8, 4) is 5.75 Å². The summed E-state index contributed by atoms with van der Waals surface area (Å²) in [5.41, 5.74) is 1.54. The molecule has 0 unspecified atom stereocenters. The zero-order valence-corrected chi connectivity index (χ0v) is 11.5. The molecular weight excluding hydrogens is 260 g/mol. The van der Waals surface area contributed by atoms with Crippen molar-refractivity contribution in [2.75, 3.05) is 18.5 Å². The summed E-state index contributed by atoms with van der Waals surface area (Å²) < 4.78 is 4.82. The number of aryl methyl sites for hydroxylation is 1. The highest BCUT2D eigenvalue weighted by Gasteiger charge is 2.07. The van der Waals surface area contributed by atoms with Crippen molar-refractivity contribution in [3.05, 3.63) is 35.9 Å². The van der Waals surface area contributed by atoms with Gasteiger partial charge in [0.25, 0.3) is 0 Å². The predicted octanol–water partition coefficient (Wildman–Crippen LogP) is 1.94. The molecule has 2 amide bonds. The summed E-state index contributed by atoms with van der Waals surface area (Å²) in [6, 6.07) is 4.39. The second-order valence-corrected chi connectivity index (χ2v) is 4.32. The standard InChI is InChI=1S/C14H18N2O4/c1-9(2)13(18)20-7-6-15-14(19)16-11-8-10(3)4-5-12(11)17/h4-5,8,17H,1,6-7H2,2-3H3,(H2,15,16,19). The molecule has 0 fully saturated rings. The first-order valence-corrected chi connectivity index (χ1v) is 6.07. The van der Waals surface area contributed by atoms with Gasteiger partial charge in [-0.1, -0.05) is 12.6 Å². The van der Waals surface area contributed by atoms with Crippen LogP contribution in [0, 0.1) is 6.92 Å². The largest absolute Gasteiger partial charge is 0.506 e. The van der Waals surface area contributed by atoms with Crippen LogP contribution in [-0.2, 0) is 9.53 Å². The summed E-state index contributed by atoms with van der Waals surface area (Å²) in [7, 11) is 0. The van der Waals surface area contributed by atoms with Gasteiger partial charge in [-0.15, -0.1) is 0 Å². The molecule has 0 spiro atoms. The molecule has 0 radical (unpaired) electrons. The third kappa shape index (κ3) is 5.01. The van der Waals surface area contributed by atoms with Gasteiger partial charge in [0.05, 0.1) is 12.2 Å². The number of carbonyl (C=O) groups is 2. The zero-order chi connectivity index (χ0) is 15.1. The molecule has 6 heteroatoms. The maximum atomic E-state index is 11.6. The highest BCUT2D eigenvalue weighted by Crippen LogP contribution is 2.23. The number of phenolic OH excluding ortho intramolecular Hbond substituents is 1. The van der Waals surface area contributed by atoms with Crippen molar-refractivity contribution in [2.24, 2.45) is 0 Å². The minimum Gasteiger partial charge on any atom is -0.506 e. The van der Waals surface area contributed by atoms with Crippen LogP contribution in [0.1, 0.15) is 12.5 Å². The Balaban J connectivity index is 2.35. The van der Waals surface area contributed by atoms with Gasteiger partial charge in [-0.3, -0.25) is 0 Å². The SMILES string of the molecule is C=C(C)C(=O)OCCNC(=O)Nc1cc(C)ccc1O. The van der Waals surface area contributed by atoms with Crippen molar-refractivity contribution in [3.63, 3.8) is 0 Å². The minimum atomic E-state index is -0.497. The smallest absolute Gasteiger partial charge is 0.333 e. The number of benzene rings is 1. The fourth-order valence-corrected chi connectivity index (χ4v) is 1.35. The van der Waals surface area contributed by atoms with Gasteiger partial charge in [0.2, 0.25) is 0 Å². The number of hydrogen-bond donors (Lipinski definition) is 3. The monoisotopic (exact) mass is 278 g/mol. The number of esters is 1. The molecule has 0 aromatic heterocycles. The molecule has 1 aromatic rings. The van der Waals surface area contributed by atoms with Gasteiger partial charge in [0, 0.05) is 5.57 Å². The molecule has 0 aliphatic rings. The van der Waals surface area contributed by atoms with Gasteiger partial charge >= 0.3 is 12.0 Å². The highest BCUT2D eigenvalue weighted by molar-refractivity contribution is 5.91. The van der Waals surface area contributed by atoms with E-state index in [0.717, 1.165) is 5.56 Å². The summed E-state index contributed by atoms with van der Waals surface area (Å²) in [5, 5.41) is 14.6. The van der Waals surface area contributed by atoms with Crippen molar-refractivity contribution in [2.45, 2.75) is 13.8 Å². The Morgan fingerprint density at radius 2 is 2.10 bits per heavy atom. The summed E-state index contributed by atoms with van der Waals surface area (Å²) in [6.45, 7) is 7.05. The summed E-state index contributed by atoms with van der Waals surface area (Å²) in [5.74, 6) is -0.511. The van der Waals surface area contributed by atoms with Crippen molar-refractivity contribution >= 4 is 17.7 Å². The first-order chi connectivity index (χ1) is 9.40. The van der Waals surface area contributed by atoms with Gasteiger partial charge in [-0.25, -0.2) is 9.59 Å². The van der Waals surface area contributed by atoms with Crippen LogP contribution in [-0.4, -0.2) is 30.3 Å². The second kappa shape index (κ2) is 7.18. The molecule has 0 aliphatic heterocycles. The van der Waals surface area contributed by atoms with Crippen LogP contribution in [0.15, 0.2) is 30.4 Å². The Hall–Kier alpha value is -2.50. The van der Waals surface area contributed by atoms with Gasteiger partial charge in [0.15, 0.2) is 0 Å². The number of phenols is 1. The lowest BCUT2D eigenvalue weighted by Gasteiger charge is -2.10. The number of ether oxygens (including phenoxy) is 1. The van der Waals surface area contributed by atoms with Crippen LogP contribution in [0.4, 0.5) is 10.5 Å². The zero-order valence-electron chi connectivity index (χ0n) is 11.5. The summed E-state index contributed by atoms with van der Waals surface area (Å²) >= 11 is 0. The van der Waals surface area contributed by atoms with Gasteiger partial charge in [-0.05, 0) is 31.5 Å². The number of aromatic hydroxyl groups is 1. The number of amides is 2. The third-order valence-corrected chi connectivity index (χ3v) is 2.37. The Bertz CT molecular complexity index is 526. The molecule has 0 saturated heterocycles. The number of urea groups is 1. The first-order valence-electron chi connectivity index (χ1n) is 6.07. The van der Waals surface area contributed by atoms with Crippen molar-refractivity contribution < 1.29 is 19.4 Å². The molecule has 108 valence electrons. The lowest BCUT2D eigenvalue weighted by molar-refractivity contribution is -0.138. The lowest BCUT2D eigenvalue weighted by atomic mass is 10.2. The van der Waals surface area contributed by atoms with E-state index in [1.54, 1.807) is 19.1 Å². The molecule has 0 aliphatic carbocycles. The number of carbonyl (C=O) groups excluding carboxylic acids is 2. The van der Waals surface area contributed by atoms with Crippen LogP contribution in [0.25, 0.3) is 0 Å². The normalized spacial score (nSPS) is 9.70. The Morgan fingerprint density at radius 3 is 2.75 bits per heavy atom. The molecule has 0 saturated carbocycles. The number of hydrogen-bond acceptors (Lipinski definition) is 4. The van der Waals surface area contributed by atoms with E-state index >= 15 is 0 Å². The number of nitrogens with one attached hydrogen (secondary N) is 2. The fraction of sp³-hybridized carbons (Fsp3) is 0.286. The number of anilines is 1. The number of rotatable bonds is 5. The van der Waals surface area contributed by atoms with Crippen LogP contribution in [0.5, 0.6) is 5.75 Å². The maximum Gasteiger partial charge on any atom is 0.333 e. The molecule has 0 heterocycles. The van der Waals surface area contributed by atoms with E-state index < -0.39 is 12.0 Å². The second-order valence-electron chi connectivity index (χ2n) is 4.32. The first kappa shape index (κ1) is 15.6. The lowest BCUT2D eigenvalue weighted by Crippen LogP contribution is -2.32. The molecule has 1 rings (SSSR count). The fourth-order valence-electron chi connectivity index (χ4n) is 1.35. The quantitative estimate of drug-likeness (QED) is 0.332. The van der Waals surface area contributed by atoms with E-state index in [1.165, 1.54) is 6.07 Å². The Kier molecular flexibility index (Phi) is 5.58. The van der Waals surface area contributed by atoms with E-state index in [9.17, 15) is 14.7 Å². The molecule has 1 aromatic carbocycles. The molecule has 20 heavy (non-hydrogen) atoms. The highest BCUT2D eigenvalue weighted by atomic mass is 16.5. The topological polar surface area (TPSA) is 87.7 Å². The average molecular weight is 278 g/mol. The summed E-state index contributed by atoms with van der Waals surface area (Å²) in [6.07, 6.45) is 0. The molecule has 6 nitrogen and oxygen atoms in total. The maximum absolute atomic E-state index is 11.6. The van der Waals surface area contributed by atoms with E-state index in [0.29, 0.717) is 11.3 Å². The predicted molar refractivity (Wildman–Crippen MR) is 75.6 cm³/mol. The minimum absolute atomic E-state index is 0.0144.